The Labute approximate surface area is 119 Å². The van der Waals surface area contributed by atoms with E-state index >= 15 is 0 Å². The third-order valence-electron chi connectivity index (χ3n) is 4.48. The third kappa shape index (κ3) is 2.90. The Hall–Kier alpha value is -1.30. The minimum Gasteiger partial charge on any atom is -0.479 e. The molecule has 2 amide bonds. The number of carbonyl (C=O) groups is 2. The first-order chi connectivity index (χ1) is 9.60. The van der Waals surface area contributed by atoms with E-state index < -0.39 is 11.5 Å². The van der Waals surface area contributed by atoms with Crippen LogP contribution in [0.4, 0.5) is 4.79 Å². The van der Waals surface area contributed by atoms with Crippen LogP contribution in [0.15, 0.2) is 0 Å². The molecule has 2 saturated heterocycles. The van der Waals surface area contributed by atoms with Crippen molar-refractivity contribution < 1.29 is 19.4 Å². The van der Waals surface area contributed by atoms with Crippen molar-refractivity contribution in [3.63, 3.8) is 0 Å². The second-order valence-corrected chi connectivity index (χ2v) is 5.60. The molecule has 0 aliphatic carbocycles. The number of carboxylic acids is 1. The molecule has 0 aromatic carbocycles. The number of carbonyl (C=O) groups excluding carboxylic acids is 1. The van der Waals surface area contributed by atoms with Crippen LogP contribution in [0.5, 0.6) is 0 Å². The quantitative estimate of drug-likeness (QED) is 0.803. The van der Waals surface area contributed by atoms with Crippen molar-refractivity contribution in [3.05, 3.63) is 0 Å². The van der Waals surface area contributed by atoms with E-state index in [1.165, 1.54) is 4.90 Å². The van der Waals surface area contributed by atoms with Crippen molar-refractivity contribution in [2.75, 3.05) is 19.7 Å². The topological polar surface area (TPSA) is 78.9 Å². The highest BCUT2D eigenvalue weighted by Crippen LogP contribution is 2.32. The minimum atomic E-state index is -1.02. The molecule has 0 radical (unpaired) electrons. The molecule has 0 bridgehead atoms. The van der Waals surface area contributed by atoms with Crippen LogP contribution in [0.1, 0.15) is 45.4 Å². The van der Waals surface area contributed by atoms with Gasteiger partial charge in [0.25, 0.3) is 0 Å². The van der Waals surface area contributed by atoms with Gasteiger partial charge < -0.3 is 20.1 Å². The van der Waals surface area contributed by atoms with E-state index in [2.05, 4.69) is 5.32 Å². The Morgan fingerprint density at radius 1 is 1.45 bits per heavy atom. The van der Waals surface area contributed by atoms with Crippen LogP contribution in [0.3, 0.4) is 0 Å². The lowest BCUT2D eigenvalue weighted by atomic mass is 9.93. The summed E-state index contributed by atoms with van der Waals surface area (Å²) in [6, 6.07) is -0.259. The molecule has 2 heterocycles. The Morgan fingerprint density at radius 3 is 2.85 bits per heavy atom. The Morgan fingerprint density at radius 2 is 2.25 bits per heavy atom. The number of aliphatic carboxylic acids is 1. The average molecular weight is 284 g/mol. The summed E-state index contributed by atoms with van der Waals surface area (Å²) in [4.78, 5) is 25.2. The zero-order valence-corrected chi connectivity index (χ0v) is 12.1. The zero-order valence-electron chi connectivity index (χ0n) is 12.1. The van der Waals surface area contributed by atoms with Gasteiger partial charge in [-0.1, -0.05) is 6.92 Å². The first-order valence-electron chi connectivity index (χ1n) is 7.50. The van der Waals surface area contributed by atoms with Crippen LogP contribution in [0.25, 0.3) is 0 Å². The van der Waals surface area contributed by atoms with E-state index in [1.54, 1.807) is 0 Å². The van der Waals surface area contributed by atoms with E-state index in [0.717, 1.165) is 32.3 Å². The van der Waals surface area contributed by atoms with E-state index in [9.17, 15) is 14.7 Å². The number of nitrogens with one attached hydrogen (secondary N) is 1. The van der Waals surface area contributed by atoms with Gasteiger partial charge in [-0.25, -0.2) is 9.59 Å². The lowest BCUT2D eigenvalue weighted by molar-refractivity contribution is -0.148. The molecule has 114 valence electrons. The van der Waals surface area contributed by atoms with Crippen LogP contribution < -0.4 is 5.32 Å². The lowest BCUT2D eigenvalue weighted by Gasteiger charge is -2.33. The summed E-state index contributed by atoms with van der Waals surface area (Å²) in [5.74, 6) is -0.897. The molecule has 0 aromatic rings. The highest BCUT2D eigenvalue weighted by atomic mass is 16.5. The Bertz CT molecular complexity index is 368. The van der Waals surface area contributed by atoms with Gasteiger partial charge in [0, 0.05) is 19.7 Å². The summed E-state index contributed by atoms with van der Waals surface area (Å²) in [6.45, 7) is 3.69. The molecule has 2 rings (SSSR count). The number of rotatable bonds is 5. The number of hydrogen-bond donors (Lipinski definition) is 2. The first-order valence-corrected chi connectivity index (χ1v) is 7.50. The largest absolute Gasteiger partial charge is 0.479 e. The van der Waals surface area contributed by atoms with Gasteiger partial charge in [-0.15, -0.1) is 0 Å². The second-order valence-electron chi connectivity index (χ2n) is 5.60. The number of hydrogen-bond acceptors (Lipinski definition) is 3. The third-order valence-corrected chi connectivity index (χ3v) is 4.48. The summed E-state index contributed by atoms with van der Waals surface area (Å²) in [5.41, 5.74) is -1.02. The maximum Gasteiger partial charge on any atom is 0.329 e. The standard InChI is InChI=1S/C14H24N2O4/c1-2-14(12(17)18)7-4-9-16(14)13(19)15-8-6-11-5-3-10-20-11/h11H,2-10H2,1H3,(H,15,19)(H,17,18). The van der Waals surface area contributed by atoms with Crippen molar-refractivity contribution in [2.45, 2.75) is 57.1 Å². The molecular weight excluding hydrogens is 260 g/mol. The molecule has 2 atom stereocenters. The SMILES string of the molecule is CCC1(C(=O)O)CCCN1C(=O)NCCC1CCCO1. The van der Waals surface area contributed by atoms with Gasteiger partial charge >= 0.3 is 12.0 Å². The summed E-state index contributed by atoms with van der Waals surface area (Å²) >= 11 is 0. The van der Waals surface area contributed by atoms with Gasteiger partial charge in [-0.05, 0) is 38.5 Å². The Balaban J connectivity index is 1.85. The van der Waals surface area contributed by atoms with Gasteiger partial charge in [-0.3, -0.25) is 0 Å². The second kappa shape index (κ2) is 6.43. The number of amides is 2. The molecule has 2 aliphatic heterocycles. The van der Waals surface area contributed by atoms with Crippen LogP contribution in [0.2, 0.25) is 0 Å². The van der Waals surface area contributed by atoms with E-state index in [0.29, 0.717) is 25.9 Å². The average Bonchev–Trinajstić information content (AvgIpc) is 3.07. The van der Waals surface area contributed by atoms with Gasteiger partial charge in [0.1, 0.15) is 5.54 Å². The molecule has 2 fully saturated rings. The summed E-state index contributed by atoms with van der Waals surface area (Å²) in [5, 5.41) is 12.3. The van der Waals surface area contributed by atoms with E-state index in [1.807, 2.05) is 6.92 Å². The van der Waals surface area contributed by atoms with Gasteiger partial charge in [-0.2, -0.15) is 0 Å². The highest BCUT2D eigenvalue weighted by molar-refractivity contribution is 5.87. The van der Waals surface area contributed by atoms with Gasteiger partial charge in [0.15, 0.2) is 0 Å². The summed E-state index contributed by atoms with van der Waals surface area (Å²) in [7, 11) is 0. The molecule has 20 heavy (non-hydrogen) atoms. The number of nitrogens with zero attached hydrogens (tertiary/aromatic N) is 1. The molecule has 2 unspecified atom stereocenters. The predicted octanol–water partition coefficient (Wildman–Crippen LogP) is 1.59. The number of ether oxygens (including phenoxy) is 1. The van der Waals surface area contributed by atoms with Crippen molar-refractivity contribution >= 4 is 12.0 Å². The molecule has 6 nitrogen and oxygen atoms in total. The van der Waals surface area contributed by atoms with Crippen LogP contribution in [-0.2, 0) is 9.53 Å². The normalized spacial score (nSPS) is 29.6. The summed E-state index contributed by atoms with van der Waals surface area (Å²) in [6.07, 6.45) is 4.91. The maximum absolute atomic E-state index is 12.2. The van der Waals surface area contributed by atoms with Gasteiger partial charge in [0.2, 0.25) is 0 Å². The summed E-state index contributed by atoms with van der Waals surface area (Å²) < 4.78 is 5.50. The van der Waals surface area contributed by atoms with Crippen molar-refractivity contribution in [1.82, 2.24) is 10.2 Å². The zero-order chi connectivity index (χ0) is 14.6. The van der Waals surface area contributed by atoms with Crippen molar-refractivity contribution in [2.24, 2.45) is 0 Å². The van der Waals surface area contributed by atoms with Crippen molar-refractivity contribution in [3.8, 4) is 0 Å². The fourth-order valence-electron chi connectivity index (χ4n) is 3.22. The van der Waals surface area contributed by atoms with E-state index in [4.69, 9.17) is 4.74 Å². The number of urea groups is 1. The molecule has 0 spiro atoms. The molecule has 2 N–H and O–H groups in total. The molecule has 2 aliphatic rings. The molecule has 0 aromatic heterocycles. The monoisotopic (exact) mass is 284 g/mol. The van der Waals surface area contributed by atoms with Crippen molar-refractivity contribution in [1.29, 1.82) is 0 Å². The minimum absolute atomic E-state index is 0.240. The van der Waals surface area contributed by atoms with Crippen LogP contribution in [-0.4, -0.2) is 53.3 Å². The van der Waals surface area contributed by atoms with E-state index in [-0.39, 0.29) is 12.1 Å². The fourth-order valence-corrected chi connectivity index (χ4v) is 3.22. The first kappa shape index (κ1) is 15.1. The number of likely N-dealkylation sites (tertiary alicyclic amines) is 1. The Kier molecular flexibility index (Phi) is 4.86. The van der Waals surface area contributed by atoms with Gasteiger partial charge in [0.05, 0.1) is 6.10 Å². The molecular formula is C14H24N2O4. The van der Waals surface area contributed by atoms with Crippen LogP contribution >= 0.6 is 0 Å². The predicted molar refractivity (Wildman–Crippen MR) is 73.6 cm³/mol. The fraction of sp³-hybridized carbons (Fsp3) is 0.857. The molecule has 6 heteroatoms. The highest BCUT2D eigenvalue weighted by Gasteiger charge is 2.48. The smallest absolute Gasteiger partial charge is 0.329 e. The lowest BCUT2D eigenvalue weighted by Crippen LogP contribution is -2.55. The maximum atomic E-state index is 12.2. The molecule has 0 saturated carbocycles. The van der Waals surface area contributed by atoms with Crippen LogP contribution in [0, 0.1) is 0 Å². The number of carboxylic acid groups (broad SMARTS) is 1.